The van der Waals surface area contributed by atoms with Crippen molar-refractivity contribution in [3.63, 3.8) is 0 Å². The van der Waals surface area contributed by atoms with Crippen molar-refractivity contribution in [2.75, 3.05) is 31.5 Å². The Labute approximate surface area is 150 Å². The molecule has 0 aromatic carbocycles. The maximum atomic E-state index is 12.5. The Morgan fingerprint density at radius 2 is 2.16 bits per heavy atom. The molecule has 25 heavy (non-hydrogen) atoms. The lowest BCUT2D eigenvalue weighted by Crippen LogP contribution is -2.56. The van der Waals surface area contributed by atoms with Crippen molar-refractivity contribution >= 4 is 33.4 Å². The topological polar surface area (TPSA) is 52.9 Å². The molecule has 1 saturated heterocycles. The van der Waals surface area contributed by atoms with E-state index in [1.54, 1.807) is 23.6 Å². The van der Waals surface area contributed by atoms with Gasteiger partial charge in [0.25, 0.3) is 0 Å². The van der Waals surface area contributed by atoms with E-state index >= 15 is 0 Å². The number of piperazine rings is 1. The highest BCUT2D eigenvalue weighted by Gasteiger charge is 2.36. The number of pyridine rings is 1. The Morgan fingerprint density at radius 1 is 1.40 bits per heavy atom. The summed E-state index contributed by atoms with van der Waals surface area (Å²) in [5.41, 5.74) is 0.674. The summed E-state index contributed by atoms with van der Waals surface area (Å²) < 4.78 is 40.2. The summed E-state index contributed by atoms with van der Waals surface area (Å²) in [5.74, 6) is 0.391. The Bertz CT molecular complexity index is 778. The van der Waals surface area contributed by atoms with Crippen LogP contribution in [0.2, 0.25) is 0 Å². The zero-order valence-electron chi connectivity index (χ0n) is 13.4. The highest BCUT2D eigenvalue weighted by Crippen LogP contribution is 2.21. The monoisotopic (exact) mass is 419 g/mol. The summed E-state index contributed by atoms with van der Waals surface area (Å²) in [6.45, 7) is 1.39. The third-order valence-corrected chi connectivity index (χ3v) is 4.76. The molecule has 136 valence electrons. The molecule has 0 radical (unpaired) electrons. The van der Waals surface area contributed by atoms with Crippen LogP contribution in [0.25, 0.3) is 5.65 Å². The van der Waals surface area contributed by atoms with Gasteiger partial charge in [0.2, 0.25) is 0 Å². The fourth-order valence-electron chi connectivity index (χ4n) is 2.87. The van der Waals surface area contributed by atoms with Crippen LogP contribution >= 0.6 is 15.9 Å². The standard InChI is InChI=1S/C15H17BrF3N5O/c1-10-7-22(5-6-23(10)9-15(17,18)19)14(25)21-12-8-24-11(16)3-2-4-13(24)20-12/h2-4,8,10H,5-7,9H2,1H3,(H,21,25)/t10-/m1/s1. The minimum absolute atomic E-state index is 0.185. The molecule has 0 unspecified atom stereocenters. The molecule has 1 aliphatic heterocycles. The predicted octanol–water partition coefficient (Wildman–Crippen LogP) is 3.20. The number of hydrogen-bond donors (Lipinski definition) is 1. The molecule has 6 nitrogen and oxygen atoms in total. The van der Waals surface area contributed by atoms with Crippen molar-refractivity contribution in [3.05, 3.63) is 29.0 Å². The molecule has 3 rings (SSSR count). The van der Waals surface area contributed by atoms with Crippen molar-refractivity contribution in [1.82, 2.24) is 19.2 Å². The molecule has 0 saturated carbocycles. The smallest absolute Gasteiger partial charge is 0.322 e. The molecule has 2 aromatic heterocycles. The van der Waals surface area contributed by atoms with Gasteiger partial charge in [0.1, 0.15) is 5.65 Å². The zero-order chi connectivity index (χ0) is 18.2. The molecule has 0 bridgehead atoms. The summed E-state index contributed by atoms with van der Waals surface area (Å²) in [6, 6.07) is 4.76. The highest BCUT2D eigenvalue weighted by molar-refractivity contribution is 9.10. The second-order valence-electron chi connectivity index (χ2n) is 6.01. The van der Waals surface area contributed by atoms with Gasteiger partial charge in [-0.15, -0.1) is 0 Å². The third kappa shape index (κ3) is 4.24. The van der Waals surface area contributed by atoms with Crippen LogP contribution in [0.3, 0.4) is 0 Å². The molecule has 3 heterocycles. The van der Waals surface area contributed by atoms with E-state index in [1.807, 2.05) is 12.1 Å². The molecule has 0 aliphatic carbocycles. The van der Waals surface area contributed by atoms with Gasteiger partial charge in [-0.25, -0.2) is 9.78 Å². The highest BCUT2D eigenvalue weighted by atomic mass is 79.9. The molecule has 1 N–H and O–H groups in total. The number of imidazole rings is 1. The molecular weight excluding hydrogens is 403 g/mol. The Balaban J connectivity index is 1.63. The van der Waals surface area contributed by atoms with Crippen LogP contribution in [0.1, 0.15) is 6.92 Å². The van der Waals surface area contributed by atoms with E-state index in [0.717, 1.165) is 4.60 Å². The molecule has 1 atom stereocenters. The average molecular weight is 420 g/mol. The number of amides is 2. The van der Waals surface area contributed by atoms with Gasteiger partial charge in [0.15, 0.2) is 5.82 Å². The van der Waals surface area contributed by atoms with Crippen LogP contribution in [0, 0.1) is 0 Å². The number of hydrogen-bond acceptors (Lipinski definition) is 3. The zero-order valence-corrected chi connectivity index (χ0v) is 15.0. The molecule has 10 heteroatoms. The van der Waals surface area contributed by atoms with Crippen LogP contribution in [-0.2, 0) is 0 Å². The number of aromatic nitrogens is 2. The number of fused-ring (bicyclic) bond motifs is 1. The molecular formula is C15H17BrF3N5O. The van der Waals surface area contributed by atoms with E-state index in [9.17, 15) is 18.0 Å². The maximum Gasteiger partial charge on any atom is 0.401 e. The number of urea groups is 1. The number of carbonyl (C=O) groups is 1. The van der Waals surface area contributed by atoms with Crippen LogP contribution in [-0.4, -0.2) is 63.6 Å². The fraction of sp³-hybridized carbons (Fsp3) is 0.467. The van der Waals surface area contributed by atoms with E-state index in [4.69, 9.17) is 0 Å². The number of halogens is 4. The summed E-state index contributed by atoms with van der Waals surface area (Å²) in [7, 11) is 0. The second-order valence-corrected chi connectivity index (χ2v) is 6.83. The van der Waals surface area contributed by atoms with E-state index in [1.165, 1.54) is 9.80 Å². The first-order valence-electron chi connectivity index (χ1n) is 7.73. The van der Waals surface area contributed by atoms with Crippen molar-refractivity contribution in [1.29, 1.82) is 0 Å². The summed E-state index contributed by atoms with van der Waals surface area (Å²) in [5, 5.41) is 2.71. The van der Waals surface area contributed by atoms with Crippen molar-refractivity contribution in [2.24, 2.45) is 0 Å². The van der Waals surface area contributed by atoms with Gasteiger partial charge < -0.3 is 4.90 Å². The number of nitrogens with zero attached hydrogens (tertiary/aromatic N) is 4. The minimum atomic E-state index is -4.23. The third-order valence-electron chi connectivity index (χ3n) is 4.11. The van der Waals surface area contributed by atoms with Crippen LogP contribution < -0.4 is 5.32 Å². The summed E-state index contributed by atoms with van der Waals surface area (Å²) >= 11 is 3.39. The first-order valence-corrected chi connectivity index (χ1v) is 8.52. The van der Waals surface area contributed by atoms with Gasteiger partial charge in [-0.3, -0.25) is 14.6 Å². The maximum absolute atomic E-state index is 12.5. The normalized spacial score (nSPS) is 19.4. The Morgan fingerprint density at radius 3 is 2.80 bits per heavy atom. The van der Waals surface area contributed by atoms with Crippen LogP contribution in [0.15, 0.2) is 29.0 Å². The van der Waals surface area contributed by atoms with E-state index in [0.29, 0.717) is 11.5 Å². The van der Waals surface area contributed by atoms with Gasteiger partial charge in [-0.2, -0.15) is 13.2 Å². The Kier molecular flexibility index (Phi) is 4.92. The molecule has 2 amide bonds. The molecule has 1 fully saturated rings. The van der Waals surface area contributed by atoms with E-state index in [-0.39, 0.29) is 31.7 Å². The number of anilines is 1. The fourth-order valence-corrected chi connectivity index (χ4v) is 3.31. The lowest BCUT2D eigenvalue weighted by atomic mass is 10.2. The Hall–Kier alpha value is -1.81. The average Bonchev–Trinajstić information content (AvgIpc) is 2.92. The lowest BCUT2D eigenvalue weighted by molar-refractivity contribution is -0.153. The SMILES string of the molecule is C[C@@H]1CN(C(=O)Nc2cn3c(Br)cccc3n2)CCN1CC(F)(F)F. The molecule has 2 aromatic rings. The minimum Gasteiger partial charge on any atom is -0.322 e. The predicted molar refractivity (Wildman–Crippen MR) is 90.6 cm³/mol. The van der Waals surface area contributed by atoms with Gasteiger partial charge in [0.05, 0.1) is 17.3 Å². The first-order chi connectivity index (χ1) is 11.7. The van der Waals surface area contributed by atoms with Gasteiger partial charge in [-0.05, 0) is 35.0 Å². The van der Waals surface area contributed by atoms with Crippen LogP contribution in [0.4, 0.5) is 23.8 Å². The second kappa shape index (κ2) is 6.83. The van der Waals surface area contributed by atoms with E-state index in [2.05, 4.69) is 26.2 Å². The quantitative estimate of drug-likeness (QED) is 0.760. The van der Waals surface area contributed by atoms with Crippen molar-refractivity contribution in [3.8, 4) is 0 Å². The van der Waals surface area contributed by atoms with Gasteiger partial charge in [-0.1, -0.05) is 6.07 Å². The summed E-state index contributed by atoms with van der Waals surface area (Å²) in [6.07, 6.45) is -2.55. The van der Waals surface area contributed by atoms with E-state index < -0.39 is 12.7 Å². The molecule has 0 spiro atoms. The van der Waals surface area contributed by atoms with Gasteiger partial charge in [0, 0.05) is 25.7 Å². The number of alkyl halides is 3. The number of nitrogens with one attached hydrogen (secondary N) is 1. The largest absolute Gasteiger partial charge is 0.401 e. The molecule has 1 aliphatic rings. The van der Waals surface area contributed by atoms with Crippen LogP contribution in [0.5, 0.6) is 0 Å². The lowest BCUT2D eigenvalue weighted by Gasteiger charge is -2.39. The van der Waals surface area contributed by atoms with Gasteiger partial charge >= 0.3 is 12.2 Å². The summed E-state index contributed by atoms with van der Waals surface area (Å²) in [4.78, 5) is 19.5. The first kappa shape index (κ1) is 18.0. The number of rotatable bonds is 2. The van der Waals surface area contributed by atoms with Crippen molar-refractivity contribution in [2.45, 2.75) is 19.1 Å². The van der Waals surface area contributed by atoms with Crippen molar-refractivity contribution < 1.29 is 18.0 Å². The number of carbonyl (C=O) groups excluding carboxylic acids is 1.